The van der Waals surface area contributed by atoms with Crippen LogP contribution in [0.15, 0.2) is 46.2 Å². The van der Waals surface area contributed by atoms with E-state index in [2.05, 4.69) is 0 Å². The van der Waals surface area contributed by atoms with E-state index < -0.39 is 13.4 Å². The quantitative estimate of drug-likeness (QED) is 0.181. The van der Waals surface area contributed by atoms with E-state index in [1.165, 1.54) is 24.0 Å². The highest BCUT2D eigenvalue weighted by atomic mass is 32.5. The molecular formula is C22H34O6P2S4. The van der Waals surface area contributed by atoms with Crippen molar-refractivity contribution >= 4 is 60.6 Å². The molecule has 0 atom stereocenters. The molecule has 34 heavy (non-hydrogen) atoms. The van der Waals surface area contributed by atoms with Crippen LogP contribution in [0.1, 0.15) is 25.0 Å². The fraction of sp³-hybridized carbons (Fsp3) is 0.455. The molecule has 2 aromatic carbocycles. The monoisotopic (exact) mass is 584 g/mol. The lowest BCUT2D eigenvalue weighted by atomic mass is 10.2. The molecule has 192 valence electrons. The summed E-state index contributed by atoms with van der Waals surface area (Å²) in [6.45, 7) is 3.53. The van der Waals surface area contributed by atoms with Crippen molar-refractivity contribution in [2.75, 3.05) is 39.9 Å². The van der Waals surface area contributed by atoms with Crippen LogP contribution in [-0.4, -0.2) is 39.9 Å². The van der Waals surface area contributed by atoms with Crippen LogP contribution in [-0.2, 0) is 41.7 Å². The minimum Gasteiger partial charge on any atom is -0.424 e. The molecule has 0 heterocycles. The number of thioether (sulfide) groups is 2. The van der Waals surface area contributed by atoms with Gasteiger partial charge in [-0.2, -0.15) is 0 Å². The van der Waals surface area contributed by atoms with Gasteiger partial charge in [-0.15, -0.1) is 23.5 Å². The molecule has 0 aromatic heterocycles. The lowest BCUT2D eigenvalue weighted by Gasteiger charge is -2.21. The average molecular weight is 585 g/mol. The maximum Gasteiger partial charge on any atom is 0.380 e. The largest absolute Gasteiger partial charge is 0.424 e. The maximum atomic E-state index is 5.74. The third-order valence-electron chi connectivity index (χ3n) is 4.19. The molecule has 0 N–H and O–H groups in total. The zero-order valence-corrected chi connectivity index (χ0v) is 25.9. The van der Waals surface area contributed by atoms with Crippen LogP contribution in [0.2, 0.25) is 0 Å². The zero-order valence-electron chi connectivity index (χ0n) is 20.9. The van der Waals surface area contributed by atoms with E-state index >= 15 is 0 Å². The van der Waals surface area contributed by atoms with Gasteiger partial charge in [0.05, 0.1) is 13.2 Å². The first kappa shape index (κ1) is 31.9. The predicted octanol–water partition coefficient (Wildman–Crippen LogP) is 8.01. The molecule has 2 aromatic rings. The zero-order chi connectivity index (χ0) is 25.8. The molecule has 0 saturated heterocycles. The third kappa shape index (κ3) is 10.5. The van der Waals surface area contributed by atoms with Crippen molar-refractivity contribution in [2.24, 2.45) is 0 Å². The Hall–Kier alpha value is -0.120. The smallest absolute Gasteiger partial charge is 0.380 e. The second kappa shape index (κ2) is 15.9. The molecule has 0 bridgehead atoms. The summed E-state index contributed by atoms with van der Waals surface area (Å²) in [5, 5.41) is 0. The summed E-state index contributed by atoms with van der Waals surface area (Å²) in [5.41, 5.74) is 2.31. The molecule has 0 aliphatic heterocycles. The molecule has 0 aliphatic carbocycles. The second-order valence-corrected chi connectivity index (χ2v) is 14.3. The van der Waals surface area contributed by atoms with E-state index in [4.69, 9.17) is 50.8 Å². The van der Waals surface area contributed by atoms with Crippen molar-refractivity contribution in [3.8, 4) is 11.5 Å². The molecule has 0 aliphatic rings. The van der Waals surface area contributed by atoms with Crippen molar-refractivity contribution in [1.82, 2.24) is 0 Å². The second-order valence-electron chi connectivity index (χ2n) is 6.54. The molecule has 12 heteroatoms. The number of rotatable bonds is 12. The summed E-state index contributed by atoms with van der Waals surface area (Å²) in [6.07, 6.45) is 4.09. The molecule has 0 fully saturated rings. The van der Waals surface area contributed by atoms with Crippen molar-refractivity contribution in [2.45, 2.75) is 37.5 Å². The van der Waals surface area contributed by atoms with Crippen LogP contribution in [0.4, 0.5) is 0 Å². The Balaban J connectivity index is 0.000000342. The Morgan fingerprint density at radius 3 is 1.38 bits per heavy atom. The summed E-state index contributed by atoms with van der Waals surface area (Å²) in [5.74, 6) is 1.39. The molecule has 0 spiro atoms. The van der Waals surface area contributed by atoms with Gasteiger partial charge in [-0.3, -0.25) is 9.05 Å². The summed E-state index contributed by atoms with van der Waals surface area (Å²) in [6, 6.07) is 11.7. The SMILES string of the molecule is CCOP(=S)(OCC)Oc1ccc(SC)c(C)c1.COP(=S)(OC)Oc1ccc(SC)c(C)c1. The van der Waals surface area contributed by atoms with Gasteiger partial charge in [0, 0.05) is 47.6 Å². The maximum absolute atomic E-state index is 5.74. The summed E-state index contributed by atoms with van der Waals surface area (Å²) in [7, 11) is 2.99. The Morgan fingerprint density at radius 2 is 1.09 bits per heavy atom. The van der Waals surface area contributed by atoms with Gasteiger partial charge in [-0.25, -0.2) is 0 Å². The van der Waals surface area contributed by atoms with Crippen LogP contribution < -0.4 is 9.05 Å². The average Bonchev–Trinajstić information content (AvgIpc) is 2.80. The van der Waals surface area contributed by atoms with Crippen LogP contribution in [0, 0.1) is 13.8 Å². The number of benzene rings is 2. The molecule has 0 radical (unpaired) electrons. The minimum absolute atomic E-state index is 0.485. The van der Waals surface area contributed by atoms with Gasteiger partial charge < -0.3 is 18.1 Å². The Labute approximate surface area is 223 Å². The fourth-order valence-corrected chi connectivity index (χ4v) is 6.80. The number of hydrogen-bond donors (Lipinski definition) is 0. The topological polar surface area (TPSA) is 55.4 Å². The van der Waals surface area contributed by atoms with Crippen LogP contribution in [0.3, 0.4) is 0 Å². The van der Waals surface area contributed by atoms with E-state index in [0.29, 0.717) is 24.7 Å². The molecular weight excluding hydrogens is 550 g/mol. The van der Waals surface area contributed by atoms with Crippen molar-refractivity contribution in [3.05, 3.63) is 47.5 Å². The number of hydrogen-bond acceptors (Lipinski definition) is 10. The first-order valence-electron chi connectivity index (χ1n) is 10.4. The van der Waals surface area contributed by atoms with Gasteiger partial charge in [-0.05, 0) is 87.7 Å². The summed E-state index contributed by atoms with van der Waals surface area (Å²) in [4.78, 5) is 2.44. The van der Waals surface area contributed by atoms with Crippen molar-refractivity contribution < 1.29 is 27.1 Å². The summed E-state index contributed by atoms with van der Waals surface area (Å²) >= 11 is 13.9. The normalized spacial score (nSPS) is 11.5. The minimum atomic E-state index is -2.66. The standard InChI is InChI=1S/C12H19O3PS2.C10H15O3PS2/c1-5-13-16(17,14-6-2)15-11-7-8-12(18-4)10(3)9-11;1-8-7-9(5-6-10(8)16-4)13-14(15,11-2)12-3/h7-9H,5-6H2,1-4H3;5-7H,1-4H3. The van der Waals surface area contributed by atoms with Crippen LogP contribution in [0.25, 0.3) is 0 Å². The van der Waals surface area contributed by atoms with Gasteiger partial charge in [0.2, 0.25) is 0 Å². The van der Waals surface area contributed by atoms with E-state index in [9.17, 15) is 0 Å². The van der Waals surface area contributed by atoms with Gasteiger partial charge in [0.25, 0.3) is 0 Å². The van der Waals surface area contributed by atoms with Crippen molar-refractivity contribution in [3.63, 3.8) is 0 Å². The first-order chi connectivity index (χ1) is 16.1. The summed E-state index contributed by atoms with van der Waals surface area (Å²) < 4.78 is 32.3. The van der Waals surface area contributed by atoms with Crippen molar-refractivity contribution in [1.29, 1.82) is 0 Å². The third-order valence-corrected chi connectivity index (χ3v) is 10.9. The lowest BCUT2D eigenvalue weighted by molar-refractivity contribution is 0.218. The van der Waals surface area contributed by atoms with Gasteiger partial charge in [-0.1, -0.05) is 0 Å². The van der Waals surface area contributed by atoms with Gasteiger partial charge in [0.15, 0.2) is 0 Å². The highest BCUT2D eigenvalue weighted by Gasteiger charge is 2.21. The first-order valence-corrected chi connectivity index (χ1v) is 17.9. The van der Waals surface area contributed by atoms with Gasteiger partial charge in [0.1, 0.15) is 11.5 Å². The Bertz CT molecular complexity index is 987. The Morgan fingerprint density at radius 1 is 0.706 bits per heavy atom. The van der Waals surface area contributed by atoms with Crippen LogP contribution >= 0.6 is 37.0 Å². The molecule has 0 saturated carbocycles. The van der Waals surface area contributed by atoms with E-state index in [0.717, 1.165) is 11.1 Å². The predicted molar refractivity (Wildman–Crippen MR) is 153 cm³/mol. The molecule has 0 unspecified atom stereocenters. The lowest BCUT2D eigenvalue weighted by Crippen LogP contribution is -2.02. The van der Waals surface area contributed by atoms with Crippen LogP contribution in [0.5, 0.6) is 11.5 Å². The Kier molecular flexibility index (Phi) is 14.9. The molecule has 0 amide bonds. The van der Waals surface area contributed by atoms with E-state index in [1.54, 1.807) is 23.5 Å². The van der Waals surface area contributed by atoms with E-state index in [1.807, 2.05) is 76.6 Å². The molecule has 2 rings (SSSR count). The fourth-order valence-electron chi connectivity index (χ4n) is 2.63. The number of aryl methyl sites for hydroxylation is 2. The van der Waals surface area contributed by atoms with E-state index in [-0.39, 0.29) is 0 Å². The highest BCUT2D eigenvalue weighted by molar-refractivity contribution is 8.08. The molecule has 6 nitrogen and oxygen atoms in total. The van der Waals surface area contributed by atoms with Gasteiger partial charge >= 0.3 is 13.4 Å². The highest BCUT2D eigenvalue weighted by Crippen LogP contribution is 2.50.